The number of hydrogen-bond acceptors (Lipinski definition) is 4. The lowest BCUT2D eigenvalue weighted by Crippen LogP contribution is -2.32. The van der Waals surface area contributed by atoms with E-state index in [1.807, 2.05) is 36.4 Å². The number of amides is 1. The fourth-order valence-electron chi connectivity index (χ4n) is 3.54. The van der Waals surface area contributed by atoms with Crippen LogP contribution in [-0.2, 0) is 4.79 Å². The lowest BCUT2D eigenvalue weighted by atomic mass is 10.0. The minimum absolute atomic E-state index is 0.129. The maximum Gasteiger partial charge on any atom is 0.344 e. The van der Waals surface area contributed by atoms with Crippen LogP contribution in [0, 0.1) is 0 Å². The molecule has 5 nitrogen and oxygen atoms in total. The molecule has 3 aromatic carbocycles. The van der Waals surface area contributed by atoms with Crippen LogP contribution >= 0.6 is 23.8 Å². The number of halogens is 1. The second kappa shape index (κ2) is 10.7. The Morgan fingerprint density at radius 2 is 1.74 bits per heavy atom. The molecule has 35 heavy (non-hydrogen) atoms. The fourth-order valence-corrected chi connectivity index (χ4v) is 4.04. The maximum absolute atomic E-state index is 12.5. The third-order valence-electron chi connectivity index (χ3n) is 5.43. The van der Waals surface area contributed by atoms with Gasteiger partial charge in [-0.25, -0.2) is 4.79 Å². The molecule has 0 saturated heterocycles. The predicted molar refractivity (Wildman–Crippen MR) is 147 cm³/mol. The van der Waals surface area contributed by atoms with Crippen molar-refractivity contribution >= 4 is 57.6 Å². The van der Waals surface area contributed by atoms with Crippen LogP contribution in [0.2, 0.25) is 5.02 Å². The van der Waals surface area contributed by atoms with Gasteiger partial charge in [-0.15, -0.1) is 0 Å². The van der Waals surface area contributed by atoms with Crippen LogP contribution in [-0.4, -0.2) is 11.0 Å². The van der Waals surface area contributed by atoms with Gasteiger partial charge in [0.25, 0.3) is 0 Å². The van der Waals surface area contributed by atoms with Gasteiger partial charge in [-0.2, -0.15) is 0 Å². The van der Waals surface area contributed by atoms with E-state index in [9.17, 15) is 9.59 Å². The number of fused-ring (bicyclic) bond motifs is 1. The molecule has 0 saturated carbocycles. The predicted octanol–water partition coefficient (Wildman–Crippen LogP) is 6.76. The molecule has 1 aromatic heterocycles. The molecule has 0 aliphatic rings. The maximum atomic E-state index is 12.5. The second-order valence-corrected chi connectivity index (χ2v) is 9.09. The van der Waals surface area contributed by atoms with Crippen LogP contribution < -0.4 is 16.3 Å². The van der Waals surface area contributed by atoms with Crippen molar-refractivity contribution in [1.82, 2.24) is 5.32 Å². The van der Waals surface area contributed by atoms with E-state index in [0.717, 1.165) is 10.9 Å². The lowest BCUT2D eigenvalue weighted by molar-refractivity contribution is -0.115. The average molecular weight is 503 g/mol. The summed E-state index contributed by atoms with van der Waals surface area (Å²) in [5.41, 5.74) is 3.67. The third-order valence-corrected chi connectivity index (χ3v) is 5.94. The molecule has 1 heterocycles. The number of rotatable bonds is 5. The van der Waals surface area contributed by atoms with Crippen LogP contribution in [0.15, 0.2) is 88.1 Å². The molecular weight excluding hydrogens is 480 g/mol. The zero-order valence-electron chi connectivity index (χ0n) is 19.2. The number of benzene rings is 3. The van der Waals surface area contributed by atoms with Gasteiger partial charge in [-0.05, 0) is 59.6 Å². The number of carbonyl (C=O) groups excluding carboxylic acids is 1. The topological polar surface area (TPSA) is 71.3 Å². The van der Waals surface area contributed by atoms with E-state index in [1.165, 1.54) is 11.6 Å². The summed E-state index contributed by atoms with van der Waals surface area (Å²) in [7, 11) is 0. The number of para-hydroxylation sites is 1. The summed E-state index contributed by atoms with van der Waals surface area (Å²) in [6, 6.07) is 22.1. The van der Waals surface area contributed by atoms with Crippen LogP contribution in [0.1, 0.15) is 30.9 Å². The summed E-state index contributed by atoms with van der Waals surface area (Å²) < 4.78 is 5.41. The minimum atomic E-state index is -0.472. The molecule has 0 fully saturated rings. The zero-order chi connectivity index (χ0) is 24.9. The summed E-state index contributed by atoms with van der Waals surface area (Å²) in [5.74, 6) is 0.0965. The largest absolute Gasteiger partial charge is 0.422 e. The van der Waals surface area contributed by atoms with Crippen molar-refractivity contribution in [2.75, 3.05) is 5.32 Å². The monoisotopic (exact) mass is 502 g/mol. The highest BCUT2D eigenvalue weighted by Gasteiger charge is 2.12. The number of anilines is 1. The average Bonchev–Trinajstić information content (AvgIpc) is 2.83. The normalized spacial score (nSPS) is 11.2. The van der Waals surface area contributed by atoms with Gasteiger partial charge in [0, 0.05) is 22.7 Å². The van der Waals surface area contributed by atoms with E-state index in [0.29, 0.717) is 33.3 Å². The van der Waals surface area contributed by atoms with Gasteiger partial charge in [0.2, 0.25) is 5.91 Å². The van der Waals surface area contributed by atoms with E-state index in [1.54, 1.807) is 42.5 Å². The minimum Gasteiger partial charge on any atom is -0.422 e. The zero-order valence-corrected chi connectivity index (χ0v) is 20.7. The first kappa shape index (κ1) is 24.4. The highest BCUT2D eigenvalue weighted by Crippen LogP contribution is 2.30. The van der Waals surface area contributed by atoms with E-state index in [2.05, 4.69) is 24.5 Å². The van der Waals surface area contributed by atoms with E-state index >= 15 is 0 Å². The molecule has 0 aliphatic heterocycles. The Bertz CT molecular complexity index is 1490. The third kappa shape index (κ3) is 6.04. The Kier molecular flexibility index (Phi) is 7.44. The van der Waals surface area contributed by atoms with E-state index in [-0.39, 0.29) is 11.0 Å². The summed E-state index contributed by atoms with van der Waals surface area (Å²) in [5, 5.41) is 6.82. The first-order valence-electron chi connectivity index (χ1n) is 11.0. The Hall–Kier alpha value is -3.74. The Morgan fingerprint density at radius 3 is 2.46 bits per heavy atom. The summed E-state index contributed by atoms with van der Waals surface area (Å²) >= 11 is 11.7. The van der Waals surface area contributed by atoms with Crippen LogP contribution in [0.5, 0.6) is 0 Å². The van der Waals surface area contributed by atoms with Gasteiger partial charge >= 0.3 is 5.63 Å². The highest BCUT2D eigenvalue weighted by molar-refractivity contribution is 7.80. The van der Waals surface area contributed by atoms with Crippen molar-refractivity contribution in [1.29, 1.82) is 0 Å². The van der Waals surface area contributed by atoms with Crippen molar-refractivity contribution in [3.8, 4) is 11.1 Å². The van der Waals surface area contributed by atoms with Crippen molar-refractivity contribution in [2.24, 2.45) is 0 Å². The Labute approximate surface area is 213 Å². The second-order valence-electron chi connectivity index (χ2n) is 8.28. The molecule has 4 aromatic rings. The van der Waals surface area contributed by atoms with Gasteiger partial charge in [0.1, 0.15) is 5.58 Å². The van der Waals surface area contributed by atoms with Gasteiger partial charge < -0.3 is 9.73 Å². The van der Waals surface area contributed by atoms with Crippen LogP contribution in [0.25, 0.3) is 28.2 Å². The summed E-state index contributed by atoms with van der Waals surface area (Å²) in [6.07, 6.45) is 3.15. The van der Waals surface area contributed by atoms with E-state index < -0.39 is 5.63 Å². The van der Waals surface area contributed by atoms with Crippen LogP contribution in [0.3, 0.4) is 0 Å². The first-order valence-corrected chi connectivity index (χ1v) is 11.8. The summed E-state index contributed by atoms with van der Waals surface area (Å²) in [4.78, 5) is 24.7. The molecule has 0 spiro atoms. The molecule has 0 unspecified atom stereocenters. The molecule has 4 rings (SSSR count). The number of carbonyl (C=O) groups is 1. The van der Waals surface area contributed by atoms with Crippen LogP contribution in [0.4, 0.5) is 5.69 Å². The quantitative estimate of drug-likeness (QED) is 0.179. The number of nitrogens with one attached hydrogen (secondary N) is 2. The van der Waals surface area contributed by atoms with Crippen molar-refractivity contribution < 1.29 is 9.21 Å². The Morgan fingerprint density at radius 1 is 1.00 bits per heavy atom. The molecule has 0 atom stereocenters. The molecule has 0 radical (unpaired) electrons. The molecule has 2 N–H and O–H groups in total. The van der Waals surface area contributed by atoms with Gasteiger partial charge in [0.15, 0.2) is 5.11 Å². The summed E-state index contributed by atoms with van der Waals surface area (Å²) in [6.45, 7) is 4.26. The highest BCUT2D eigenvalue weighted by atomic mass is 35.5. The molecule has 0 bridgehead atoms. The lowest BCUT2D eigenvalue weighted by Gasteiger charge is -2.11. The van der Waals surface area contributed by atoms with Gasteiger partial charge in [-0.1, -0.05) is 74.0 Å². The van der Waals surface area contributed by atoms with Crippen molar-refractivity contribution in [2.45, 2.75) is 19.8 Å². The molecular formula is C28H23ClN2O3S. The first-order chi connectivity index (χ1) is 16.8. The fraction of sp³-hybridized carbons (Fsp3) is 0.107. The van der Waals surface area contributed by atoms with Crippen molar-refractivity contribution in [3.05, 3.63) is 105 Å². The number of hydrogen-bond donors (Lipinski definition) is 2. The standard InChI is InChI=1S/C28H23ClN2O3S/c1-17(2)19-10-7-18(8-11-19)9-14-26(32)31-28(35)30-21-12-13-22(24(29)16-21)23-15-20-5-3-4-6-25(20)34-27(23)33/h3-17H,1-2H3,(H2,30,31,32,35)/b14-9+. The number of thiocarbonyl (C=S) groups is 1. The van der Waals surface area contributed by atoms with Gasteiger partial charge in [0.05, 0.1) is 10.6 Å². The molecule has 7 heteroatoms. The Balaban J connectivity index is 1.41. The smallest absolute Gasteiger partial charge is 0.344 e. The molecule has 0 aliphatic carbocycles. The van der Waals surface area contributed by atoms with E-state index in [4.69, 9.17) is 28.2 Å². The molecule has 1 amide bonds. The van der Waals surface area contributed by atoms with Crippen molar-refractivity contribution in [3.63, 3.8) is 0 Å². The SMILES string of the molecule is CC(C)c1ccc(/C=C/C(=O)NC(=S)Nc2ccc(-c3cc4ccccc4oc3=O)c(Cl)c2)cc1. The van der Waals surface area contributed by atoms with Gasteiger partial charge in [-0.3, -0.25) is 10.1 Å². The molecule has 176 valence electrons.